The van der Waals surface area contributed by atoms with Gasteiger partial charge < -0.3 is 14.7 Å². The fourth-order valence-electron chi connectivity index (χ4n) is 4.55. The van der Waals surface area contributed by atoms with Crippen LogP contribution in [0.1, 0.15) is 31.4 Å². The van der Waals surface area contributed by atoms with Gasteiger partial charge in [-0.15, -0.1) is 13.2 Å². The van der Waals surface area contributed by atoms with Gasteiger partial charge >= 0.3 is 12.3 Å². The molecule has 2 unspecified atom stereocenters. The number of carboxylic acids is 1. The van der Waals surface area contributed by atoms with Gasteiger partial charge in [-0.3, -0.25) is 4.79 Å². The van der Waals surface area contributed by atoms with Crippen LogP contribution in [0, 0.1) is 0 Å². The molecule has 1 N–H and O–H groups in total. The number of sulfonamides is 1. The first kappa shape index (κ1) is 27.0. The minimum atomic E-state index is -4.72. The maximum atomic E-state index is 13.3. The molecule has 2 aromatic rings. The molecule has 1 aliphatic rings. The fourth-order valence-corrected chi connectivity index (χ4v) is 6.43. The van der Waals surface area contributed by atoms with Crippen molar-refractivity contribution in [3.63, 3.8) is 0 Å². The second-order valence-corrected chi connectivity index (χ2v) is 10.6. The van der Waals surface area contributed by atoms with Gasteiger partial charge in [0.1, 0.15) is 5.75 Å². The van der Waals surface area contributed by atoms with E-state index in [1.807, 2.05) is 13.8 Å². The smallest absolute Gasteiger partial charge is 0.481 e. The van der Waals surface area contributed by atoms with E-state index < -0.39 is 22.4 Å². The van der Waals surface area contributed by atoms with Crippen molar-refractivity contribution in [2.45, 2.75) is 56.5 Å². The van der Waals surface area contributed by atoms with E-state index >= 15 is 0 Å². The van der Waals surface area contributed by atoms with Gasteiger partial charge in [-0.2, -0.15) is 4.31 Å². The van der Waals surface area contributed by atoms with E-state index in [0.29, 0.717) is 25.1 Å². The molecule has 1 aliphatic heterocycles. The molecule has 0 amide bonds. The van der Waals surface area contributed by atoms with Crippen molar-refractivity contribution in [1.82, 2.24) is 9.21 Å². The molecule has 35 heavy (non-hydrogen) atoms. The van der Waals surface area contributed by atoms with Crippen molar-refractivity contribution in [2.75, 3.05) is 19.6 Å². The van der Waals surface area contributed by atoms with Crippen LogP contribution < -0.4 is 4.74 Å². The Morgan fingerprint density at radius 2 is 1.69 bits per heavy atom. The number of rotatable bonds is 9. The van der Waals surface area contributed by atoms with E-state index in [2.05, 4.69) is 9.64 Å². The zero-order valence-electron chi connectivity index (χ0n) is 19.5. The van der Waals surface area contributed by atoms with E-state index in [1.165, 1.54) is 28.6 Å². The molecular formula is C24H29F3N2O5S. The summed E-state index contributed by atoms with van der Waals surface area (Å²) in [6, 6.07) is 11.3. The van der Waals surface area contributed by atoms with E-state index in [1.54, 1.807) is 24.3 Å². The van der Waals surface area contributed by atoms with Gasteiger partial charge in [0.25, 0.3) is 0 Å². The zero-order chi connectivity index (χ0) is 25.8. The van der Waals surface area contributed by atoms with Gasteiger partial charge in [-0.1, -0.05) is 24.3 Å². The Kier molecular flexibility index (Phi) is 8.45. The maximum Gasteiger partial charge on any atom is 0.573 e. The highest BCUT2D eigenvalue weighted by Gasteiger charge is 2.38. The largest absolute Gasteiger partial charge is 0.573 e. The number of benzene rings is 2. The summed E-state index contributed by atoms with van der Waals surface area (Å²) in [5.74, 6) is -1.28. The number of ether oxygens (including phenoxy) is 1. The molecule has 0 aromatic heterocycles. The summed E-state index contributed by atoms with van der Waals surface area (Å²) in [5, 5.41) is 9.01. The topological polar surface area (TPSA) is 87.2 Å². The fraction of sp³-hybridized carbons (Fsp3) is 0.458. The SMILES string of the molecule is CC1CN(CCCc2ccc(OC(F)(F)F)cc2)CC(C)N1S(=O)(=O)c1cccc(CC(=O)O)c1. The maximum absolute atomic E-state index is 13.3. The molecule has 0 aliphatic carbocycles. The summed E-state index contributed by atoms with van der Waals surface area (Å²) in [6.45, 7) is 5.49. The van der Waals surface area contributed by atoms with Crippen LogP contribution in [0.2, 0.25) is 0 Å². The first-order chi connectivity index (χ1) is 16.3. The molecule has 2 atom stereocenters. The summed E-state index contributed by atoms with van der Waals surface area (Å²) in [7, 11) is -3.80. The van der Waals surface area contributed by atoms with Gasteiger partial charge in [0, 0.05) is 25.2 Å². The molecule has 11 heteroatoms. The number of halogens is 3. The van der Waals surface area contributed by atoms with Crippen molar-refractivity contribution < 1.29 is 36.2 Å². The molecule has 1 heterocycles. The first-order valence-corrected chi connectivity index (χ1v) is 12.7. The number of carbonyl (C=O) groups is 1. The van der Waals surface area contributed by atoms with E-state index in [-0.39, 0.29) is 29.1 Å². The van der Waals surface area contributed by atoms with Crippen LogP contribution in [0.5, 0.6) is 5.75 Å². The highest BCUT2D eigenvalue weighted by atomic mass is 32.2. The Bertz CT molecular complexity index is 1110. The number of hydrogen-bond acceptors (Lipinski definition) is 5. The second-order valence-electron chi connectivity index (χ2n) is 8.81. The van der Waals surface area contributed by atoms with Crippen molar-refractivity contribution in [1.29, 1.82) is 0 Å². The molecule has 7 nitrogen and oxygen atoms in total. The minimum absolute atomic E-state index is 0.0846. The highest BCUT2D eigenvalue weighted by Crippen LogP contribution is 2.27. The highest BCUT2D eigenvalue weighted by molar-refractivity contribution is 7.89. The summed E-state index contributed by atoms with van der Waals surface area (Å²) in [6.07, 6.45) is -3.53. The van der Waals surface area contributed by atoms with Crippen molar-refractivity contribution in [2.24, 2.45) is 0 Å². The van der Waals surface area contributed by atoms with Gasteiger partial charge in [0.05, 0.1) is 11.3 Å². The minimum Gasteiger partial charge on any atom is -0.481 e. The Morgan fingerprint density at radius 1 is 1.06 bits per heavy atom. The standard InChI is InChI=1S/C24H29F3N2O5S/c1-17-15-28(12-4-6-19-8-10-21(11-9-19)34-24(25,26)27)16-18(2)29(17)35(32,33)22-7-3-5-20(13-22)14-23(30)31/h3,5,7-11,13,17-18H,4,6,12,14-16H2,1-2H3,(H,30,31). The Balaban J connectivity index is 1.57. The van der Waals surface area contributed by atoms with Crippen LogP contribution in [0.25, 0.3) is 0 Å². The molecule has 0 spiro atoms. The van der Waals surface area contributed by atoms with E-state index in [0.717, 1.165) is 18.5 Å². The summed E-state index contributed by atoms with van der Waals surface area (Å²) in [4.78, 5) is 13.3. The lowest BCUT2D eigenvalue weighted by Gasteiger charge is -2.43. The molecule has 1 fully saturated rings. The molecule has 192 valence electrons. The Hall–Kier alpha value is -2.63. The van der Waals surface area contributed by atoms with Gasteiger partial charge in [0.2, 0.25) is 10.0 Å². The van der Waals surface area contributed by atoms with E-state index in [4.69, 9.17) is 5.11 Å². The number of aliphatic carboxylic acids is 1. The van der Waals surface area contributed by atoms with Crippen LogP contribution in [0.4, 0.5) is 13.2 Å². The summed E-state index contributed by atoms with van der Waals surface area (Å²) >= 11 is 0. The molecule has 0 radical (unpaired) electrons. The summed E-state index contributed by atoms with van der Waals surface area (Å²) < 4.78 is 68.9. The molecule has 3 rings (SSSR count). The third-order valence-corrected chi connectivity index (χ3v) is 7.96. The zero-order valence-corrected chi connectivity index (χ0v) is 20.3. The predicted octanol–water partition coefficient (Wildman–Crippen LogP) is 3.93. The van der Waals surface area contributed by atoms with Crippen LogP contribution in [0.15, 0.2) is 53.4 Å². The molecule has 1 saturated heterocycles. The van der Waals surface area contributed by atoms with E-state index in [9.17, 15) is 26.4 Å². The monoisotopic (exact) mass is 514 g/mol. The number of nitrogens with zero attached hydrogens (tertiary/aromatic N) is 2. The number of piperazine rings is 1. The number of carboxylic acid groups (broad SMARTS) is 1. The van der Waals surface area contributed by atoms with Crippen LogP contribution >= 0.6 is 0 Å². The molecule has 0 bridgehead atoms. The van der Waals surface area contributed by atoms with Gasteiger partial charge in [-0.25, -0.2) is 8.42 Å². The van der Waals surface area contributed by atoms with Crippen molar-refractivity contribution in [3.8, 4) is 5.75 Å². The van der Waals surface area contributed by atoms with Crippen molar-refractivity contribution in [3.05, 3.63) is 59.7 Å². The normalized spacial score (nSPS) is 20.0. The average Bonchev–Trinajstić information content (AvgIpc) is 2.73. The molecule has 0 saturated carbocycles. The van der Waals surface area contributed by atoms with Gasteiger partial charge in [-0.05, 0) is 68.6 Å². The molecular weight excluding hydrogens is 485 g/mol. The molecule has 2 aromatic carbocycles. The predicted molar refractivity (Wildman–Crippen MR) is 124 cm³/mol. The first-order valence-electron chi connectivity index (χ1n) is 11.3. The summed E-state index contributed by atoms with van der Waals surface area (Å²) in [5.41, 5.74) is 1.32. The Morgan fingerprint density at radius 3 is 2.26 bits per heavy atom. The van der Waals surface area contributed by atoms with Crippen LogP contribution in [-0.2, 0) is 27.7 Å². The van der Waals surface area contributed by atoms with Gasteiger partial charge in [0.15, 0.2) is 0 Å². The number of aryl methyl sites for hydroxylation is 1. The average molecular weight is 515 g/mol. The number of hydrogen-bond donors (Lipinski definition) is 1. The Labute approximate surface area is 203 Å². The number of alkyl halides is 3. The third-order valence-electron chi connectivity index (χ3n) is 5.84. The van der Waals surface area contributed by atoms with Crippen LogP contribution in [-0.4, -0.2) is 66.8 Å². The lowest BCUT2D eigenvalue weighted by atomic mass is 10.1. The second kappa shape index (κ2) is 11.0. The third kappa shape index (κ3) is 7.42. The quantitative estimate of drug-likeness (QED) is 0.546. The lowest BCUT2D eigenvalue weighted by Crippen LogP contribution is -2.58. The van der Waals surface area contributed by atoms with Crippen LogP contribution in [0.3, 0.4) is 0 Å². The lowest BCUT2D eigenvalue weighted by molar-refractivity contribution is -0.274. The van der Waals surface area contributed by atoms with Crippen molar-refractivity contribution >= 4 is 16.0 Å².